The monoisotopic (exact) mass is 422 g/mol. The molecule has 9 N–H and O–H groups in total. The predicted octanol–water partition coefficient (Wildman–Crippen LogP) is -1.32. The number of benzene rings is 1. The Morgan fingerprint density at radius 3 is 2.30 bits per heavy atom. The number of aliphatic hydroxyl groups excluding tert-OH is 1. The second-order valence-electron chi connectivity index (χ2n) is 6.37. The van der Waals surface area contributed by atoms with E-state index in [9.17, 15) is 19.5 Å². The number of primary amides is 1. The molecule has 0 aliphatic rings. The molecule has 13 nitrogen and oxygen atoms in total. The van der Waals surface area contributed by atoms with E-state index in [1.165, 1.54) is 12.1 Å². The van der Waals surface area contributed by atoms with Crippen LogP contribution in [0.1, 0.15) is 35.8 Å². The molecule has 3 amide bonds. The normalized spacial score (nSPS) is 13.8. The first-order valence-corrected chi connectivity index (χ1v) is 8.75. The number of rotatable bonds is 10. The smallest absolute Gasteiger partial charge is 0.328 e. The number of amides is 3. The molecule has 0 fully saturated rings. The highest BCUT2D eigenvalue weighted by atomic mass is 16.4. The van der Waals surface area contributed by atoms with Gasteiger partial charge in [-0.25, -0.2) is 9.59 Å². The van der Waals surface area contributed by atoms with E-state index in [2.05, 4.69) is 15.5 Å². The van der Waals surface area contributed by atoms with Crippen molar-refractivity contribution in [3.05, 3.63) is 41.6 Å². The number of phenolic OH excluding ortho intramolecular Hbond substituents is 1. The lowest BCUT2D eigenvalue weighted by Crippen LogP contribution is -2.49. The second kappa shape index (κ2) is 10.2. The van der Waals surface area contributed by atoms with E-state index in [1.54, 1.807) is 12.1 Å². The minimum atomic E-state index is -1.55. The summed E-state index contributed by atoms with van der Waals surface area (Å²) in [4.78, 5) is 34.3. The Kier molecular flexibility index (Phi) is 7.66. The van der Waals surface area contributed by atoms with Gasteiger partial charge in [-0.15, -0.1) is 10.2 Å². The van der Waals surface area contributed by atoms with Gasteiger partial charge in [-0.3, -0.25) is 4.79 Å². The first-order chi connectivity index (χ1) is 14.2. The molecule has 13 heteroatoms. The van der Waals surface area contributed by atoms with E-state index in [-0.39, 0.29) is 17.5 Å². The van der Waals surface area contributed by atoms with Crippen molar-refractivity contribution in [3.8, 4) is 5.75 Å². The van der Waals surface area contributed by atoms with E-state index in [1.807, 2.05) is 5.32 Å². The summed E-state index contributed by atoms with van der Waals surface area (Å²) >= 11 is 0. The minimum absolute atomic E-state index is 0.0357. The van der Waals surface area contributed by atoms with Crippen LogP contribution >= 0.6 is 0 Å². The SMILES string of the molecule is NC(=O)C[C@H](NC(=O)N[C@@H](CO)C(=O)O)c1nnc([C@@H](N)Cc2ccc(O)cc2)o1. The molecule has 3 atom stereocenters. The summed E-state index contributed by atoms with van der Waals surface area (Å²) in [6.07, 6.45) is -0.0910. The molecule has 1 heterocycles. The quantitative estimate of drug-likeness (QED) is 0.239. The molecule has 2 aromatic rings. The number of urea groups is 1. The Morgan fingerprint density at radius 2 is 1.73 bits per heavy atom. The molecule has 30 heavy (non-hydrogen) atoms. The van der Waals surface area contributed by atoms with Crippen LogP contribution in [0.2, 0.25) is 0 Å². The fourth-order valence-electron chi connectivity index (χ4n) is 2.46. The number of aromatic nitrogens is 2. The molecule has 1 aromatic carbocycles. The largest absolute Gasteiger partial charge is 0.508 e. The van der Waals surface area contributed by atoms with Crippen LogP contribution < -0.4 is 22.1 Å². The number of nitrogens with one attached hydrogen (secondary N) is 2. The van der Waals surface area contributed by atoms with Crippen molar-refractivity contribution in [1.82, 2.24) is 20.8 Å². The van der Waals surface area contributed by atoms with Gasteiger partial charge in [0, 0.05) is 0 Å². The van der Waals surface area contributed by atoms with Crippen LogP contribution in [0, 0.1) is 0 Å². The lowest BCUT2D eigenvalue weighted by molar-refractivity contribution is -0.140. The van der Waals surface area contributed by atoms with E-state index in [0.29, 0.717) is 6.42 Å². The summed E-state index contributed by atoms with van der Waals surface area (Å²) in [5.41, 5.74) is 12.0. The van der Waals surface area contributed by atoms with Crippen LogP contribution in [0.5, 0.6) is 5.75 Å². The number of carboxylic acids is 1. The van der Waals surface area contributed by atoms with E-state index >= 15 is 0 Å². The Morgan fingerprint density at radius 1 is 1.10 bits per heavy atom. The molecule has 0 spiro atoms. The van der Waals surface area contributed by atoms with Gasteiger partial charge in [0.05, 0.1) is 19.1 Å². The highest BCUT2D eigenvalue weighted by Gasteiger charge is 2.27. The van der Waals surface area contributed by atoms with Crippen LogP contribution in [0.15, 0.2) is 28.7 Å². The third-order valence-electron chi connectivity index (χ3n) is 3.96. The maximum atomic E-state index is 12.0. The number of carboxylic acid groups (broad SMARTS) is 1. The standard InChI is InChI=1S/C17H22N6O7/c18-10(5-8-1-3-9(25)4-2-8)14-22-23-15(30-14)11(6-13(19)26)20-17(29)21-12(7-24)16(27)28/h1-4,10-12,24-25H,5-7,18H2,(H2,19,26)(H,27,28)(H2,20,21,29)/t10-,11-,12-/m0/s1. The first-order valence-electron chi connectivity index (χ1n) is 8.75. The number of carbonyl (C=O) groups excluding carboxylic acids is 2. The average Bonchev–Trinajstić information content (AvgIpc) is 3.17. The molecule has 0 aliphatic heterocycles. The number of aliphatic hydroxyl groups is 1. The molecular formula is C17H22N6O7. The van der Waals surface area contributed by atoms with Crippen LogP contribution in [0.3, 0.4) is 0 Å². The van der Waals surface area contributed by atoms with Crippen molar-refractivity contribution in [2.75, 3.05) is 6.61 Å². The molecular weight excluding hydrogens is 400 g/mol. The number of phenols is 1. The van der Waals surface area contributed by atoms with Crippen LogP contribution in [0.25, 0.3) is 0 Å². The number of nitrogens with two attached hydrogens (primary N) is 2. The number of carbonyl (C=O) groups is 3. The number of aromatic hydroxyl groups is 1. The molecule has 0 aliphatic carbocycles. The van der Waals surface area contributed by atoms with E-state index in [4.69, 9.17) is 26.1 Å². The number of aliphatic carboxylic acids is 1. The van der Waals surface area contributed by atoms with E-state index in [0.717, 1.165) is 5.56 Å². The molecule has 0 unspecified atom stereocenters. The minimum Gasteiger partial charge on any atom is -0.508 e. The molecule has 0 saturated heterocycles. The van der Waals surface area contributed by atoms with Gasteiger partial charge in [0.2, 0.25) is 17.7 Å². The Hall–Kier alpha value is -3.71. The molecule has 0 bridgehead atoms. The predicted molar refractivity (Wildman–Crippen MR) is 99.8 cm³/mol. The number of hydrogen-bond acceptors (Lipinski definition) is 9. The Labute approximate surface area is 170 Å². The lowest BCUT2D eigenvalue weighted by atomic mass is 10.1. The van der Waals surface area contributed by atoms with Crippen LogP contribution in [-0.2, 0) is 16.0 Å². The van der Waals surface area contributed by atoms with Gasteiger partial charge >= 0.3 is 12.0 Å². The van der Waals surface area contributed by atoms with Crippen LogP contribution in [0.4, 0.5) is 4.79 Å². The summed E-state index contributed by atoms with van der Waals surface area (Å²) < 4.78 is 5.47. The van der Waals surface area contributed by atoms with Crippen molar-refractivity contribution in [3.63, 3.8) is 0 Å². The molecule has 0 radical (unpaired) electrons. The maximum Gasteiger partial charge on any atom is 0.328 e. The molecule has 1 aromatic heterocycles. The molecule has 162 valence electrons. The summed E-state index contributed by atoms with van der Waals surface area (Å²) in [7, 11) is 0. The summed E-state index contributed by atoms with van der Waals surface area (Å²) in [5, 5.41) is 39.1. The zero-order valence-electron chi connectivity index (χ0n) is 15.7. The fraction of sp³-hybridized carbons (Fsp3) is 0.353. The summed E-state index contributed by atoms with van der Waals surface area (Å²) in [6, 6.07) is 1.98. The summed E-state index contributed by atoms with van der Waals surface area (Å²) in [5.74, 6) is -2.24. The van der Waals surface area contributed by atoms with E-state index < -0.39 is 49.1 Å². The van der Waals surface area contributed by atoms with Crippen molar-refractivity contribution >= 4 is 17.9 Å². The molecule has 0 saturated carbocycles. The van der Waals surface area contributed by atoms with Crippen molar-refractivity contribution in [2.24, 2.45) is 11.5 Å². The van der Waals surface area contributed by atoms with Gasteiger partial charge in [0.25, 0.3) is 0 Å². The number of hydrogen-bond donors (Lipinski definition) is 7. The first kappa shape index (κ1) is 22.6. The Balaban J connectivity index is 2.09. The van der Waals surface area contributed by atoms with Gasteiger partial charge in [-0.05, 0) is 24.1 Å². The zero-order chi connectivity index (χ0) is 22.3. The highest BCUT2D eigenvalue weighted by Crippen LogP contribution is 2.21. The fourth-order valence-corrected chi connectivity index (χ4v) is 2.46. The van der Waals surface area contributed by atoms with Gasteiger partial charge in [-0.2, -0.15) is 0 Å². The van der Waals surface area contributed by atoms with Crippen molar-refractivity contribution < 1.29 is 34.1 Å². The second-order valence-corrected chi connectivity index (χ2v) is 6.37. The van der Waals surface area contributed by atoms with Crippen molar-refractivity contribution in [1.29, 1.82) is 0 Å². The third-order valence-corrected chi connectivity index (χ3v) is 3.96. The van der Waals surface area contributed by atoms with Crippen molar-refractivity contribution in [2.45, 2.75) is 31.0 Å². The van der Waals surface area contributed by atoms with Gasteiger partial charge in [0.1, 0.15) is 11.8 Å². The van der Waals surface area contributed by atoms with Gasteiger partial charge < -0.3 is 41.8 Å². The third kappa shape index (κ3) is 6.42. The lowest BCUT2D eigenvalue weighted by Gasteiger charge is -2.17. The highest BCUT2D eigenvalue weighted by molar-refractivity contribution is 5.83. The topological polar surface area (TPSA) is 227 Å². The summed E-state index contributed by atoms with van der Waals surface area (Å²) in [6.45, 7) is -0.833. The average molecular weight is 422 g/mol. The maximum absolute atomic E-state index is 12.0. The van der Waals surface area contributed by atoms with Gasteiger partial charge in [-0.1, -0.05) is 12.1 Å². The number of nitrogens with zero attached hydrogens (tertiary/aromatic N) is 2. The molecule has 2 rings (SSSR count). The van der Waals surface area contributed by atoms with Crippen LogP contribution in [-0.4, -0.2) is 56.1 Å². The zero-order valence-corrected chi connectivity index (χ0v) is 15.7. The Bertz CT molecular complexity index is 885. The van der Waals surface area contributed by atoms with Gasteiger partial charge in [0.15, 0.2) is 6.04 Å².